The number of rotatable bonds is 9. The molecule has 2 aromatic heterocycles. The number of carbonyl (C=O) groups excluding carboxylic acids is 1. The minimum Gasteiger partial charge on any atom is -0.325 e. The molecule has 0 aliphatic carbocycles. The average Bonchev–Trinajstić information content (AvgIpc) is 3.23. The molecule has 38 heavy (non-hydrogen) atoms. The highest BCUT2D eigenvalue weighted by Crippen LogP contribution is 2.29. The number of fused-ring (bicyclic) bond motifs is 3. The molecule has 1 amide bonds. The van der Waals surface area contributed by atoms with Crippen molar-refractivity contribution >= 4 is 55.4 Å². The van der Waals surface area contributed by atoms with E-state index in [-0.39, 0.29) is 10.8 Å². The van der Waals surface area contributed by atoms with E-state index in [0.29, 0.717) is 17.3 Å². The van der Waals surface area contributed by atoms with Crippen LogP contribution in [-0.2, 0) is 27.8 Å². The van der Waals surface area contributed by atoms with Gasteiger partial charge < -0.3 is 9.88 Å². The van der Waals surface area contributed by atoms with Gasteiger partial charge in [0.25, 0.3) is 0 Å². The summed E-state index contributed by atoms with van der Waals surface area (Å²) in [5, 5.41) is 17.7. The molecule has 0 radical (unpaired) electrons. The van der Waals surface area contributed by atoms with Crippen LogP contribution in [-0.4, -0.2) is 39.3 Å². The van der Waals surface area contributed by atoms with E-state index in [1.54, 1.807) is 0 Å². The molecule has 0 aliphatic heterocycles. The lowest BCUT2D eigenvalue weighted by Crippen LogP contribution is -2.25. The number of para-hydroxylation sites is 1. The normalized spacial score (nSPS) is 12.6. The SMILES string of the molecule is CC[C@H](Sc1nnc2c3ccccc3n(CCc3ccccc3)c2n1)C(=O)Nc1ccc(S(N)(=O)=O)cc1. The standard InChI is InChI=1S/C27H26N6O3S2/c1-2-23(26(34)29-19-12-14-20(15-13-19)38(28,35)36)37-27-30-25-24(31-32-27)21-10-6-7-11-22(21)33(25)17-16-18-8-4-3-5-9-18/h3-15,23H,2,16-17H2,1H3,(H,29,34)(H2,28,35,36)/t23-/m0/s1. The Balaban J connectivity index is 1.39. The first-order valence-corrected chi connectivity index (χ1v) is 14.5. The van der Waals surface area contributed by atoms with Gasteiger partial charge in [-0.3, -0.25) is 4.79 Å². The maximum Gasteiger partial charge on any atom is 0.238 e. The number of aromatic nitrogens is 4. The zero-order valence-electron chi connectivity index (χ0n) is 20.6. The van der Waals surface area contributed by atoms with Gasteiger partial charge in [0.2, 0.25) is 21.1 Å². The van der Waals surface area contributed by atoms with Crippen LogP contribution < -0.4 is 10.5 Å². The molecule has 11 heteroatoms. The van der Waals surface area contributed by atoms with Crippen molar-refractivity contribution < 1.29 is 13.2 Å². The molecule has 0 unspecified atom stereocenters. The average molecular weight is 547 g/mol. The summed E-state index contributed by atoms with van der Waals surface area (Å²) in [4.78, 5) is 17.8. The Morgan fingerprint density at radius 2 is 1.71 bits per heavy atom. The summed E-state index contributed by atoms with van der Waals surface area (Å²) in [5.41, 5.74) is 4.20. The molecule has 0 bridgehead atoms. The molecule has 2 heterocycles. The van der Waals surface area contributed by atoms with Crippen molar-refractivity contribution in [3.8, 4) is 0 Å². The zero-order chi connectivity index (χ0) is 26.7. The Labute approximate surface area is 224 Å². The van der Waals surface area contributed by atoms with Crippen LogP contribution in [0.15, 0.2) is 88.9 Å². The Kier molecular flexibility index (Phi) is 7.41. The second-order valence-electron chi connectivity index (χ2n) is 8.74. The summed E-state index contributed by atoms with van der Waals surface area (Å²) in [5.74, 6) is -0.242. The van der Waals surface area contributed by atoms with Crippen molar-refractivity contribution in [1.82, 2.24) is 19.7 Å². The van der Waals surface area contributed by atoms with Crippen LogP contribution in [0.5, 0.6) is 0 Å². The number of hydrogen-bond acceptors (Lipinski definition) is 7. The first-order valence-electron chi connectivity index (χ1n) is 12.1. The molecule has 9 nitrogen and oxygen atoms in total. The van der Waals surface area contributed by atoms with Crippen molar-refractivity contribution in [3.63, 3.8) is 0 Å². The van der Waals surface area contributed by atoms with Crippen LogP contribution in [0.2, 0.25) is 0 Å². The molecular formula is C27H26N6O3S2. The zero-order valence-corrected chi connectivity index (χ0v) is 22.2. The van der Waals surface area contributed by atoms with E-state index < -0.39 is 15.3 Å². The van der Waals surface area contributed by atoms with Gasteiger partial charge in [-0.25, -0.2) is 18.5 Å². The number of primary sulfonamides is 1. The second kappa shape index (κ2) is 10.9. The number of nitrogens with two attached hydrogens (primary N) is 1. The van der Waals surface area contributed by atoms with Gasteiger partial charge in [-0.05, 0) is 48.7 Å². The van der Waals surface area contributed by atoms with Gasteiger partial charge in [0, 0.05) is 17.6 Å². The molecule has 0 aliphatic rings. The summed E-state index contributed by atoms with van der Waals surface area (Å²) >= 11 is 1.25. The summed E-state index contributed by atoms with van der Waals surface area (Å²) in [6.45, 7) is 2.63. The minimum atomic E-state index is -3.80. The number of nitrogens with zero attached hydrogens (tertiary/aromatic N) is 4. The fraction of sp³-hybridized carbons (Fsp3) is 0.185. The molecule has 3 N–H and O–H groups in total. The highest BCUT2D eigenvalue weighted by atomic mass is 32.2. The van der Waals surface area contributed by atoms with Gasteiger partial charge >= 0.3 is 0 Å². The molecule has 0 saturated carbocycles. The maximum atomic E-state index is 13.0. The summed E-state index contributed by atoms with van der Waals surface area (Å²) < 4.78 is 25.1. The van der Waals surface area contributed by atoms with Crippen molar-refractivity contribution in [1.29, 1.82) is 0 Å². The van der Waals surface area contributed by atoms with Gasteiger partial charge in [0.15, 0.2) is 5.65 Å². The Morgan fingerprint density at radius 3 is 2.42 bits per heavy atom. The number of amides is 1. The molecule has 0 fully saturated rings. The van der Waals surface area contributed by atoms with E-state index in [0.717, 1.165) is 35.0 Å². The lowest BCUT2D eigenvalue weighted by atomic mass is 10.1. The third-order valence-corrected chi connectivity index (χ3v) is 8.33. The largest absolute Gasteiger partial charge is 0.325 e. The monoisotopic (exact) mass is 546 g/mol. The number of benzene rings is 3. The van der Waals surface area contributed by atoms with Gasteiger partial charge in [0.05, 0.1) is 15.7 Å². The van der Waals surface area contributed by atoms with E-state index in [1.165, 1.54) is 41.6 Å². The van der Waals surface area contributed by atoms with Crippen LogP contribution in [0.3, 0.4) is 0 Å². The second-order valence-corrected chi connectivity index (χ2v) is 11.5. The quantitative estimate of drug-likeness (QED) is 0.262. The molecule has 5 rings (SSSR count). The van der Waals surface area contributed by atoms with Crippen LogP contribution in [0, 0.1) is 0 Å². The first kappa shape index (κ1) is 25.8. The molecule has 1 atom stereocenters. The maximum absolute atomic E-state index is 13.0. The fourth-order valence-electron chi connectivity index (χ4n) is 4.25. The molecule has 0 saturated heterocycles. The highest BCUT2D eigenvalue weighted by molar-refractivity contribution is 8.00. The number of thioether (sulfide) groups is 1. The Bertz CT molecular complexity index is 1700. The third kappa shape index (κ3) is 5.54. The van der Waals surface area contributed by atoms with Crippen LogP contribution >= 0.6 is 11.8 Å². The van der Waals surface area contributed by atoms with E-state index >= 15 is 0 Å². The number of hydrogen-bond donors (Lipinski definition) is 2. The van der Waals surface area contributed by atoms with Crippen LogP contribution in [0.1, 0.15) is 18.9 Å². The molecule has 3 aromatic carbocycles. The van der Waals surface area contributed by atoms with Gasteiger partial charge in [-0.1, -0.05) is 67.2 Å². The molecule has 0 spiro atoms. The predicted molar refractivity (Wildman–Crippen MR) is 149 cm³/mol. The summed E-state index contributed by atoms with van der Waals surface area (Å²) in [6, 6.07) is 24.0. The summed E-state index contributed by atoms with van der Waals surface area (Å²) in [6.07, 6.45) is 1.37. The first-order chi connectivity index (χ1) is 18.3. The van der Waals surface area contributed by atoms with E-state index in [4.69, 9.17) is 10.1 Å². The molecular weight excluding hydrogens is 520 g/mol. The predicted octanol–water partition coefficient (Wildman–Crippen LogP) is 4.38. The number of anilines is 1. The third-order valence-electron chi connectivity index (χ3n) is 6.18. The Morgan fingerprint density at radius 1 is 1.00 bits per heavy atom. The molecule has 194 valence electrons. The number of aryl methyl sites for hydroxylation is 2. The van der Waals surface area contributed by atoms with Gasteiger partial charge in [0.1, 0.15) is 5.52 Å². The minimum absolute atomic E-state index is 0.0210. The lowest BCUT2D eigenvalue weighted by molar-refractivity contribution is -0.115. The molecule has 5 aromatic rings. The van der Waals surface area contributed by atoms with E-state index in [9.17, 15) is 13.2 Å². The van der Waals surface area contributed by atoms with E-state index in [2.05, 4.69) is 38.3 Å². The summed E-state index contributed by atoms with van der Waals surface area (Å²) in [7, 11) is -3.80. The van der Waals surface area contributed by atoms with Crippen LogP contribution in [0.4, 0.5) is 5.69 Å². The smallest absolute Gasteiger partial charge is 0.238 e. The fourth-order valence-corrected chi connectivity index (χ4v) is 5.58. The van der Waals surface area contributed by atoms with Crippen LogP contribution in [0.25, 0.3) is 22.1 Å². The van der Waals surface area contributed by atoms with Gasteiger partial charge in [-0.15, -0.1) is 10.2 Å². The van der Waals surface area contributed by atoms with Crippen molar-refractivity contribution in [2.45, 2.75) is 41.6 Å². The van der Waals surface area contributed by atoms with Gasteiger partial charge in [-0.2, -0.15) is 0 Å². The topological polar surface area (TPSA) is 133 Å². The van der Waals surface area contributed by atoms with E-state index in [1.807, 2.05) is 43.3 Å². The number of nitrogens with one attached hydrogen (secondary N) is 1. The number of carbonyl (C=O) groups is 1. The number of sulfonamides is 1. The van der Waals surface area contributed by atoms with Crippen molar-refractivity contribution in [3.05, 3.63) is 84.4 Å². The van der Waals surface area contributed by atoms with Crippen molar-refractivity contribution in [2.24, 2.45) is 5.14 Å². The highest BCUT2D eigenvalue weighted by Gasteiger charge is 2.22. The Hall–Kier alpha value is -3.80. The lowest BCUT2D eigenvalue weighted by Gasteiger charge is -2.14. The van der Waals surface area contributed by atoms with Crippen molar-refractivity contribution in [2.75, 3.05) is 5.32 Å².